The van der Waals surface area contributed by atoms with E-state index in [0.29, 0.717) is 0 Å². The lowest BCUT2D eigenvalue weighted by Crippen LogP contribution is -2.38. The third-order valence-corrected chi connectivity index (χ3v) is 5.58. The Morgan fingerprint density at radius 3 is 3.00 bits per heavy atom. The number of hydrogen-bond acceptors (Lipinski definition) is 3. The summed E-state index contributed by atoms with van der Waals surface area (Å²) in [5, 5.41) is 4.31. The van der Waals surface area contributed by atoms with Gasteiger partial charge in [0.2, 0.25) is 0 Å². The summed E-state index contributed by atoms with van der Waals surface area (Å²) in [6.07, 6.45) is 2.45. The van der Waals surface area contributed by atoms with Crippen LogP contribution in [0, 0.1) is 0 Å². The first-order valence-electron chi connectivity index (χ1n) is 7.60. The van der Waals surface area contributed by atoms with E-state index in [1.54, 1.807) is 0 Å². The summed E-state index contributed by atoms with van der Waals surface area (Å²) in [6, 6.07) is 6.71. The Morgan fingerprint density at radius 2 is 2.25 bits per heavy atom. The van der Waals surface area contributed by atoms with Crippen LogP contribution < -0.4 is 10.2 Å². The van der Waals surface area contributed by atoms with Crippen molar-refractivity contribution in [2.75, 3.05) is 30.3 Å². The molecule has 1 unspecified atom stereocenters. The molecular weight excluding hydrogens is 332 g/mol. The Hall–Kier alpha value is -0.190. The number of anilines is 1. The minimum absolute atomic E-state index is 0.781. The molecular formula is C16H25BrN2S. The van der Waals surface area contributed by atoms with Gasteiger partial charge in [-0.05, 0) is 43.1 Å². The van der Waals surface area contributed by atoms with Crippen molar-refractivity contribution in [2.45, 2.75) is 38.5 Å². The lowest BCUT2D eigenvalue weighted by molar-refractivity contribution is 0.668. The molecule has 4 heteroatoms. The van der Waals surface area contributed by atoms with Crippen LogP contribution in [0.25, 0.3) is 0 Å². The first-order valence-corrected chi connectivity index (χ1v) is 9.44. The van der Waals surface area contributed by atoms with Gasteiger partial charge in [-0.3, -0.25) is 0 Å². The van der Waals surface area contributed by atoms with E-state index >= 15 is 0 Å². The van der Waals surface area contributed by atoms with Gasteiger partial charge in [-0.15, -0.1) is 0 Å². The van der Waals surface area contributed by atoms with Crippen LogP contribution in [0.1, 0.15) is 32.3 Å². The molecule has 1 aromatic carbocycles. The molecule has 0 spiro atoms. The Morgan fingerprint density at radius 1 is 1.40 bits per heavy atom. The van der Waals surface area contributed by atoms with Gasteiger partial charge in [0.1, 0.15) is 0 Å². The van der Waals surface area contributed by atoms with Crippen LogP contribution in [0.3, 0.4) is 0 Å². The average molecular weight is 357 g/mol. The highest BCUT2D eigenvalue weighted by atomic mass is 79.9. The molecule has 1 heterocycles. The minimum Gasteiger partial charge on any atom is -0.369 e. The monoisotopic (exact) mass is 356 g/mol. The van der Waals surface area contributed by atoms with E-state index in [0.717, 1.165) is 18.3 Å². The van der Waals surface area contributed by atoms with Crippen LogP contribution in [0.4, 0.5) is 5.69 Å². The topological polar surface area (TPSA) is 15.3 Å². The second kappa shape index (κ2) is 8.30. The predicted octanol–water partition coefficient (Wildman–Crippen LogP) is 4.28. The molecule has 2 rings (SSSR count). The number of thioether (sulfide) groups is 1. The molecule has 1 fully saturated rings. The molecule has 1 atom stereocenters. The summed E-state index contributed by atoms with van der Waals surface area (Å²) in [5.74, 6) is 1.25. The third-order valence-electron chi connectivity index (χ3n) is 3.72. The summed E-state index contributed by atoms with van der Waals surface area (Å²) in [5.41, 5.74) is 2.82. The SMILES string of the molecule is CCCNCc1cc(Br)ccc1N1CCSC(CC)C1. The van der Waals surface area contributed by atoms with E-state index in [1.807, 2.05) is 0 Å². The standard InChI is InChI=1S/C16H25BrN2S/c1-3-7-18-11-13-10-14(17)5-6-16(13)19-8-9-20-15(4-2)12-19/h5-6,10,15,18H,3-4,7-9,11-12H2,1-2H3. The van der Waals surface area contributed by atoms with E-state index in [-0.39, 0.29) is 0 Å². The zero-order valence-electron chi connectivity index (χ0n) is 12.5. The largest absolute Gasteiger partial charge is 0.369 e. The summed E-state index contributed by atoms with van der Waals surface area (Å²) in [4.78, 5) is 2.57. The Bertz CT molecular complexity index is 425. The molecule has 0 bridgehead atoms. The van der Waals surface area contributed by atoms with Crippen LogP contribution in [0.5, 0.6) is 0 Å². The lowest BCUT2D eigenvalue weighted by Gasteiger charge is -2.35. The summed E-state index contributed by atoms with van der Waals surface area (Å²) in [7, 11) is 0. The van der Waals surface area contributed by atoms with Gasteiger partial charge in [0.15, 0.2) is 0 Å². The van der Waals surface area contributed by atoms with E-state index in [9.17, 15) is 0 Å². The number of benzene rings is 1. The van der Waals surface area contributed by atoms with Crippen molar-refractivity contribution in [1.29, 1.82) is 0 Å². The van der Waals surface area contributed by atoms with E-state index in [1.165, 1.54) is 47.4 Å². The molecule has 1 aliphatic heterocycles. The number of rotatable bonds is 6. The van der Waals surface area contributed by atoms with E-state index in [2.05, 4.69) is 70.0 Å². The Kier molecular flexibility index (Phi) is 6.72. The van der Waals surface area contributed by atoms with Gasteiger partial charge in [0.05, 0.1) is 0 Å². The Labute approximate surface area is 135 Å². The maximum atomic E-state index is 3.60. The highest BCUT2D eigenvalue weighted by Crippen LogP contribution is 2.30. The normalized spacial score (nSPS) is 19.4. The van der Waals surface area contributed by atoms with Crippen LogP contribution in [-0.4, -0.2) is 30.6 Å². The number of hydrogen-bond donors (Lipinski definition) is 1. The average Bonchev–Trinajstić information content (AvgIpc) is 2.48. The summed E-state index contributed by atoms with van der Waals surface area (Å²) >= 11 is 5.73. The highest BCUT2D eigenvalue weighted by Gasteiger charge is 2.20. The molecule has 20 heavy (non-hydrogen) atoms. The van der Waals surface area contributed by atoms with Crippen LogP contribution in [0.2, 0.25) is 0 Å². The van der Waals surface area contributed by atoms with Gasteiger partial charge in [-0.1, -0.05) is 29.8 Å². The molecule has 0 aromatic heterocycles. The predicted molar refractivity (Wildman–Crippen MR) is 94.9 cm³/mol. The number of halogens is 1. The van der Waals surface area contributed by atoms with Gasteiger partial charge in [-0.25, -0.2) is 0 Å². The third kappa shape index (κ3) is 4.40. The molecule has 0 amide bonds. The molecule has 0 saturated carbocycles. The fraction of sp³-hybridized carbons (Fsp3) is 0.625. The maximum absolute atomic E-state index is 3.60. The zero-order chi connectivity index (χ0) is 14.4. The van der Waals surface area contributed by atoms with Crippen molar-refractivity contribution < 1.29 is 0 Å². The zero-order valence-corrected chi connectivity index (χ0v) is 14.9. The molecule has 1 N–H and O–H groups in total. The number of nitrogens with zero attached hydrogens (tertiary/aromatic N) is 1. The molecule has 1 saturated heterocycles. The summed E-state index contributed by atoms with van der Waals surface area (Å²) < 4.78 is 1.17. The van der Waals surface area contributed by atoms with Crippen molar-refractivity contribution in [3.05, 3.63) is 28.2 Å². The van der Waals surface area contributed by atoms with Crippen LogP contribution >= 0.6 is 27.7 Å². The van der Waals surface area contributed by atoms with Crippen molar-refractivity contribution in [3.63, 3.8) is 0 Å². The lowest BCUT2D eigenvalue weighted by atomic mass is 10.1. The molecule has 0 radical (unpaired) electrons. The van der Waals surface area contributed by atoms with Gasteiger partial charge >= 0.3 is 0 Å². The quantitative estimate of drug-likeness (QED) is 0.765. The van der Waals surface area contributed by atoms with Gasteiger partial charge in [0.25, 0.3) is 0 Å². The van der Waals surface area contributed by atoms with Crippen molar-refractivity contribution >= 4 is 33.4 Å². The second-order valence-corrected chi connectivity index (χ2v) is 7.62. The van der Waals surface area contributed by atoms with Gasteiger partial charge in [0, 0.05) is 40.8 Å². The second-order valence-electron chi connectivity index (χ2n) is 5.30. The first-order chi connectivity index (χ1) is 9.74. The molecule has 1 aliphatic rings. The first kappa shape index (κ1) is 16.2. The van der Waals surface area contributed by atoms with Crippen LogP contribution in [0.15, 0.2) is 22.7 Å². The van der Waals surface area contributed by atoms with Crippen LogP contribution in [-0.2, 0) is 6.54 Å². The number of nitrogens with one attached hydrogen (secondary N) is 1. The molecule has 1 aromatic rings. The minimum atomic E-state index is 0.781. The van der Waals surface area contributed by atoms with E-state index in [4.69, 9.17) is 0 Å². The highest BCUT2D eigenvalue weighted by molar-refractivity contribution is 9.10. The maximum Gasteiger partial charge on any atom is 0.0413 e. The fourth-order valence-electron chi connectivity index (χ4n) is 2.59. The van der Waals surface area contributed by atoms with Gasteiger partial charge < -0.3 is 10.2 Å². The van der Waals surface area contributed by atoms with Gasteiger partial charge in [-0.2, -0.15) is 11.8 Å². The molecule has 112 valence electrons. The molecule has 0 aliphatic carbocycles. The smallest absolute Gasteiger partial charge is 0.0413 e. The van der Waals surface area contributed by atoms with Crippen molar-refractivity contribution in [1.82, 2.24) is 5.32 Å². The Balaban J connectivity index is 2.12. The van der Waals surface area contributed by atoms with Crippen molar-refractivity contribution in [2.24, 2.45) is 0 Å². The van der Waals surface area contributed by atoms with Crippen molar-refractivity contribution in [3.8, 4) is 0 Å². The van der Waals surface area contributed by atoms with E-state index < -0.39 is 0 Å². The summed E-state index contributed by atoms with van der Waals surface area (Å²) in [6.45, 7) is 8.91. The fourth-order valence-corrected chi connectivity index (χ4v) is 4.18. The molecule has 2 nitrogen and oxygen atoms in total.